The second-order valence-electron chi connectivity index (χ2n) is 7.22. The van der Waals surface area contributed by atoms with Gasteiger partial charge in [0.15, 0.2) is 0 Å². The van der Waals surface area contributed by atoms with Gasteiger partial charge in [0.2, 0.25) is 0 Å². The predicted molar refractivity (Wildman–Crippen MR) is 125 cm³/mol. The van der Waals surface area contributed by atoms with Gasteiger partial charge in [-0.25, -0.2) is 9.59 Å². The molecule has 0 spiro atoms. The number of hydrogen-bond acceptors (Lipinski definition) is 4. The number of ether oxygens (including phenoxy) is 1. The Morgan fingerprint density at radius 1 is 0.875 bits per heavy atom. The number of aromatic nitrogens is 2. The van der Waals surface area contributed by atoms with Crippen molar-refractivity contribution in [1.82, 2.24) is 9.13 Å². The highest BCUT2D eigenvalue weighted by Gasteiger charge is 2.17. The van der Waals surface area contributed by atoms with E-state index >= 15 is 0 Å². The molecule has 1 heterocycles. The SMILES string of the molecule is COC(=O)c1ccc(Cn2c(=O)c3c(Cl)cc(Cl)cc3n(Cc3ccccc3)c2=O)cc1. The summed E-state index contributed by atoms with van der Waals surface area (Å²) in [7, 11) is 1.30. The summed E-state index contributed by atoms with van der Waals surface area (Å²) in [5, 5.41) is 0.728. The van der Waals surface area contributed by atoms with Gasteiger partial charge in [0.25, 0.3) is 5.56 Å². The van der Waals surface area contributed by atoms with Crippen LogP contribution in [0.15, 0.2) is 76.3 Å². The average molecular weight is 469 g/mol. The minimum absolute atomic E-state index is 0.0167. The Morgan fingerprint density at radius 3 is 2.16 bits per heavy atom. The van der Waals surface area contributed by atoms with Crippen molar-refractivity contribution < 1.29 is 9.53 Å². The molecule has 0 amide bonds. The highest BCUT2D eigenvalue weighted by molar-refractivity contribution is 6.38. The van der Waals surface area contributed by atoms with Crippen LogP contribution < -0.4 is 11.2 Å². The fourth-order valence-electron chi connectivity index (χ4n) is 3.56. The zero-order valence-corrected chi connectivity index (χ0v) is 18.6. The van der Waals surface area contributed by atoms with E-state index in [-0.39, 0.29) is 23.5 Å². The molecular weight excluding hydrogens is 451 g/mol. The molecule has 0 bridgehead atoms. The van der Waals surface area contributed by atoms with Crippen LogP contribution in [-0.2, 0) is 17.8 Å². The van der Waals surface area contributed by atoms with E-state index in [1.165, 1.54) is 17.7 Å². The van der Waals surface area contributed by atoms with Crippen LogP contribution in [0.4, 0.5) is 0 Å². The lowest BCUT2D eigenvalue weighted by Crippen LogP contribution is -2.40. The Morgan fingerprint density at radius 2 is 1.50 bits per heavy atom. The van der Waals surface area contributed by atoms with Crippen LogP contribution in [0.1, 0.15) is 21.5 Å². The molecule has 1 aromatic heterocycles. The number of benzene rings is 3. The molecule has 0 fully saturated rings. The molecule has 4 rings (SSSR count). The fourth-order valence-corrected chi connectivity index (χ4v) is 4.12. The molecule has 0 N–H and O–H groups in total. The molecule has 4 aromatic rings. The molecule has 0 saturated carbocycles. The van der Waals surface area contributed by atoms with Gasteiger partial charge in [-0.3, -0.25) is 13.9 Å². The van der Waals surface area contributed by atoms with E-state index in [0.717, 1.165) is 10.1 Å². The number of halogens is 2. The Bertz CT molecular complexity index is 1430. The summed E-state index contributed by atoms with van der Waals surface area (Å²) < 4.78 is 7.33. The zero-order chi connectivity index (χ0) is 22.8. The van der Waals surface area contributed by atoms with Gasteiger partial charge in [-0.1, -0.05) is 65.7 Å². The lowest BCUT2D eigenvalue weighted by molar-refractivity contribution is 0.0600. The van der Waals surface area contributed by atoms with Gasteiger partial charge in [0, 0.05) is 5.02 Å². The lowest BCUT2D eigenvalue weighted by atomic mass is 10.1. The van der Waals surface area contributed by atoms with E-state index in [1.807, 2.05) is 30.3 Å². The molecule has 0 radical (unpaired) electrons. The highest BCUT2D eigenvalue weighted by atomic mass is 35.5. The summed E-state index contributed by atoms with van der Waals surface area (Å²) in [5.41, 5.74) is 1.32. The van der Waals surface area contributed by atoms with Crippen molar-refractivity contribution in [3.05, 3.63) is 114 Å². The number of esters is 1. The van der Waals surface area contributed by atoms with Crippen LogP contribution in [0.5, 0.6) is 0 Å². The van der Waals surface area contributed by atoms with Gasteiger partial charge in [-0.05, 0) is 35.4 Å². The fraction of sp³-hybridized carbons (Fsp3) is 0.125. The van der Waals surface area contributed by atoms with E-state index < -0.39 is 17.2 Å². The molecular formula is C24H18Cl2N2O4. The number of methoxy groups -OCH3 is 1. The van der Waals surface area contributed by atoms with Crippen LogP contribution >= 0.6 is 23.2 Å². The summed E-state index contributed by atoms with van der Waals surface area (Å²) in [4.78, 5) is 38.3. The van der Waals surface area contributed by atoms with E-state index in [1.54, 1.807) is 30.3 Å². The smallest absolute Gasteiger partial charge is 0.337 e. The normalized spacial score (nSPS) is 11.0. The van der Waals surface area contributed by atoms with Gasteiger partial charge >= 0.3 is 11.7 Å². The number of carbonyl (C=O) groups is 1. The van der Waals surface area contributed by atoms with Crippen molar-refractivity contribution in [3.8, 4) is 0 Å². The first kappa shape index (κ1) is 21.9. The molecule has 0 unspecified atom stereocenters. The van der Waals surface area contributed by atoms with Gasteiger partial charge in [0.1, 0.15) is 0 Å². The van der Waals surface area contributed by atoms with Crippen LogP contribution in [-0.4, -0.2) is 22.2 Å². The Kier molecular flexibility index (Phi) is 6.17. The van der Waals surface area contributed by atoms with Crippen LogP contribution in [0.3, 0.4) is 0 Å². The topological polar surface area (TPSA) is 70.3 Å². The minimum atomic E-state index is -0.506. The molecule has 0 saturated heterocycles. The number of fused-ring (bicyclic) bond motifs is 1. The molecule has 6 nitrogen and oxygen atoms in total. The van der Waals surface area contributed by atoms with Crippen LogP contribution in [0.25, 0.3) is 10.9 Å². The van der Waals surface area contributed by atoms with Gasteiger partial charge in [-0.2, -0.15) is 0 Å². The number of rotatable bonds is 5. The average Bonchev–Trinajstić information content (AvgIpc) is 2.79. The molecule has 32 heavy (non-hydrogen) atoms. The Labute approximate surface area is 193 Å². The van der Waals surface area contributed by atoms with Crippen molar-refractivity contribution in [2.24, 2.45) is 0 Å². The van der Waals surface area contributed by atoms with Gasteiger partial charge < -0.3 is 4.74 Å². The maximum atomic E-state index is 13.4. The first-order valence-corrected chi connectivity index (χ1v) is 10.5. The van der Waals surface area contributed by atoms with Crippen molar-refractivity contribution in [2.75, 3.05) is 7.11 Å². The van der Waals surface area contributed by atoms with Crippen molar-refractivity contribution in [2.45, 2.75) is 13.1 Å². The second kappa shape index (κ2) is 9.02. The molecule has 0 atom stereocenters. The van der Waals surface area contributed by atoms with E-state index in [4.69, 9.17) is 27.9 Å². The van der Waals surface area contributed by atoms with Gasteiger partial charge in [-0.15, -0.1) is 0 Å². The number of nitrogens with zero attached hydrogens (tertiary/aromatic N) is 2. The van der Waals surface area contributed by atoms with Crippen molar-refractivity contribution in [1.29, 1.82) is 0 Å². The summed E-state index contributed by atoms with van der Waals surface area (Å²) >= 11 is 12.6. The van der Waals surface area contributed by atoms with Crippen LogP contribution in [0, 0.1) is 0 Å². The quantitative estimate of drug-likeness (QED) is 0.408. The lowest BCUT2D eigenvalue weighted by Gasteiger charge is -2.15. The molecule has 162 valence electrons. The maximum Gasteiger partial charge on any atom is 0.337 e. The highest BCUT2D eigenvalue weighted by Crippen LogP contribution is 2.25. The van der Waals surface area contributed by atoms with Crippen molar-refractivity contribution >= 4 is 40.1 Å². The Balaban J connectivity index is 1.88. The zero-order valence-electron chi connectivity index (χ0n) is 17.0. The maximum absolute atomic E-state index is 13.4. The van der Waals surface area contributed by atoms with E-state index in [2.05, 4.69) is 0 Å². The third-order valence-electron chi connectivity index (χ3n) is 5.15. The van der Waals surface area contributed by atoms with E-state index in [9.17, 15) is 14.4 Å². The third-order valence-corrected chi connectivity index (χ3v) is 5.66. The molecule has 3 aromatic carbocycles. The Hall–Kier alpha value is -3.35. The predicted octanol–water partition coefficient (Wildman–Crippen LogP) is 4.35. The standard InChI is InChI=1S/C24H18Cl2N2O4/c1-32-23(30)17-9-7-16(8-10-17)14-28-22(29)21-19(26)11-18(25)12-20(21)27(24(28)31)13-15-5-3-2-4-6-15/h2-12H,13-14H2,1H3. The summed E-state index contributed by atoms with van der Waals surface area (Å²) in [5.74, 6) is -0.465. The molecule has 8 heteroatoms. The second-order valence-corrected chi connectivity index (χ2v) is 8.06. The molecule has 0 aliphatic rings. The van der Waals surface area contributed by atoms with Crippen LogP contribution in [0.2, 0.25) is 10.0 Å². The number of carbonyl (C=O) groups excluding carboxylic acids is 1. The van der Waals surface area contributed by atoms with E-state index in [0.29, 0.717) is 21.7 Å². The summed E-state index contributed by atoms with van der Waals surface area (Å²) in [6, 6.07) is 19.0. The summed E-state index contributed by atoms with van der Waals surface area (Å²) in [6.45, 7) is 0.261. The van der Waals surface area contributed by atoms with Crippen molar-refractivity contribution in [3.63, 3.8) is 0 Å². The third kappa shape index (κ3) is 4.20. The van der Waals surface area contributed by atoms with Gasteiger partial charge in [0.05, 0.1) is 41.7 Å². The summed E-state index contributed by atoms with van der Waals surface area (Å²) in [6.07, 6.45) is 0. The molecule has 0 aliphatic carbocycles. The largest absolute Gasteiger partial charge is 0.465 e. The molecule has 0 aliphatic heterocycles. The number of hydrogen-bond donors (Lipinski definition) is 0. The monoisotopic (exact) mass is 468 g/mol. The first-order valence-electron chi connectivity index (χ1n) is 9.72. The minimum Gasteiger partial charge on any atom is -0.465 e. The first-order chi connectivity index (χ1) is 15.4.